The zero-order chi connectivity index (χ0) is 10.6. The molecule has 1 heterocycles. The molecule has 0 spiro atoms. The molecule has 0 aromatic rings. The SMILES string of the molecule is CNCC1CCN(C(=O)N(C)C)CC1. The van der Waals surface area contributed by atoms with Crippen LogP contribution in [0.2, 0.25) is 0 Å². The van der Waals surface area contributed by atoms with E-state index in [9.17, 15) is 4.79 Å². The average molecular weight is 199 g/mol. The van der Waals surface area contributed by atoms with E-state index in [1.54, 1.807) is 4.90 Å². The third-order valence-corrected chi connectivity index (χ3v) is 2.76. The summed E-state index contributed by atoms with van der Waals surface area (Å²) in [6.45, 7) is 2.89. The highest BCUT2D eigenvalue weighted by Crippen LogP contribution is 2.16. The van der Waals surface area contributed by atoms with Gasteiger partial charge in [-0.15, -0.1) is 0 Å². The third-order valence-electron chi connectivity index (χ3n) is 2.76. The largest absolute Gasteiger partial charge is 0.331 e. The maximum atomic E-state index is 11.6. The summed E-state index contributed by atoms with van der Waals surface area (Å²) in [4.78, 5) is 15.2. The Bertz CT molecular complexity index is 186. The molecular weight excluding hydrogens is 178 g/mol. The Morgan fingerprint density at radius 3 is 2.43 bits per heavy atom. The van der Waals surface area contributed by atoms with Gasteiger partial charge in [-0.25, -0.2) is 4.79 Å². The second kappa shape index (κ2) is 5.20. The summed E-state index contributed by atoms with van der Waals surface area (Å²) in [5, 5.41) is 3.19. The normalized spacial score (nSPS) is 18.4. The first-order valence-corrected chi connectivity index (χ1v) is 5.26. The van der Waals surface area contributed by atoms with Crippen LogP contribution in [0.25, 0.3) is 0 Å². The highest BCUT2D eigenvalue weighted by molar-refractivity contribution is 5.73. The Kier molecular flexibility index (Phi) is 4.20. The molecule has 0 unspecified atom stereocenters. The molecule has 1 N–H and O–H groups in total. The van der Waals surface area contributed by atoms with E-state index in [-0.39, 0.29) is 6.03 Å². The second-order valence-corrected chi connectivity index (χ2v) is 4.17. The van der Waals surface area contributed by atoms with E-state index in [1.165, 1.54) is 0 Å². The molecule has 1 fully saturated rings. The molecule has 0 atom stereocenters. The van der Waals surface area contributed by atoms with Crippen molar-refractivity contribution in [3.05, 3.63) is 0 Å². The second-order valence-electron chi connectivity index (χ2n) is 4.17. The maximum absolute atomic E-state index is 11.6. The van der Waals surface area contributed by atoms with Crippen LogP contribution in [0.3, 0.4) is 0 Å². The number of carbonyl (C=O) groups is 1. The lowest BCUT2D eigenvalue weighted by molar-refractivity contribution is 0.147. The van der Waals surface area contributed by atoms with Crippen molar-refractivity contribution in [1.29, 1.82) is 0 Å². The standard InChI is InChI=1S/C10H21N3O/c1-11-8-9-4-6-13(7-5-9)10(14)12(2)3/h9,11H,4-8H2,1-3H3. The van der Waals surface area contributed by atoms with Gasteiger partial charge < -0.3 is 15.1 Å². The number of rotatable bonds is 2. The Labute approximate surface area is 86.2 Å². The molecule has 4 nitrogen and oxygen atoms in total. The molecule has 82 valence electrons. The van der Waals surface area contributed by atoms with Crippen LogP contribution in [0.4, 0.5) is 4.79 Å². The first-order valence-electron chi connectivity index (χ1n) is 5.26. The van der Waals surface area contributed by atoms with Crippen LogP contribution in [0.1, 0.15) is 12.8 Å². The minimum atomic E-state index is 0.146. The van der Waals surface area contributed by atoms with Crippen molar-refractivity contribution >= 4 is 6.03 Å². The van der Waals surface area contributed by atoms with Gasteiger partial charge in [0.25, 0.3) is 0 Å². The molecule has 1 aliphatic rings. The Morgan fingerprint density at radius 1 is 1.43 bits per heavy atom. The van der Waals surface area contributed by atoms with E-state index < -0.39 is 0 Å². The van der Waals surface area contributed by atoms with Crippen molar-refractivity contribution in [2.75, 3.05) is 40.8 Å². The lowest BCUT2D eigenvalue weighted by atomic mass is 9.97. The molecule has 0 bridgehead atoms. The molecule has 0 aromatic carbocycles. The fraction of sp³-hybridized carbons (Fsp3) is 0.900. The van der Waals surface area contributed by atoms with E-state index in [4.69, 9.17) is 0 Å². The van der Waals surface area contributed by atoms with Crippen molar-refractivity contribution in [2.24, 2.45) is 5.92 Å². The number of nitrogens with zero attached hydrogens (tertiary/aromatic N) is 2. The minimum absolute atomic E-state index is 0.146. The van der Waals surface area contributed by atoms with Crippen molar-refractivity contribution in [3.8, 4) is 0 Å². The van der Waals surface area contributed by atoms with Gasteiger partial charge in [-0.2, -0.15) is 0 Å². The molecule has 0 saturated carbocycles. The van der Waals surface area contributed by atoms with Crippen LogP contribution >= 0.6 is 0 Å². The summed E-state index contributed by atoms with van der Waals surface area (Å²) in [6.07, 6.45) is 2.25. The number of hydrogen-bond donors (Lipinski definition) is 1. The molecule has 1 aliphatic heterocycles. The average Bonchev–Trinajstić information content (AvgIpc) is 2.18. The molecule has 1 saturated heterocycles. The maximum Gasteiger partial charge on any atom is 0.319 e. The smallest absolute Gasteiger partial charge is 0.319 e. The van der Waals surface area contributed by atoms with Gasteiger partial charge in [0.05, 0.1) is 0 Å². The molecular formula is C10H21N3O. The molecule has 1 rings (SSSR count). The number of piperidine rings is 1. The molecule has 0 aromatic heterocycles. The van der Waals surface area contributed by atoms with E-state index in [1.807, 2.05) is 26.0 Å². The van der Waals surface area contributed by atoms with Crippen molar-refractivity contribution in [1.82, 2.24) is 15.1 Å². The van der Waals surface area contributed by atoms with Gasteiger partial charge in [0, 0.05) is 27.2 Å². The van der Waals surface area contributed by atoms with Gasteiger partial charge >= 0.3 is 6.03 Å². The summed E-state index contributed by atoms with van der Waals surface area (Å²) in [7, 11) is 5.60. The first-order chi connectivity index (χ1) is 6.65. The fourth-order valence-electron chi connectivity index (χ4n) is 1.90. The van der Waals surface area contributed by atoms with Gasteiger partial charge in [0.1, 0.15) is 0 Å². The van der Waals surface area contributed by atoms with Crippen molar-refractivity contribution < 1.29 is 4.79 Å². The number of carbonyl (C=O) groups excluding carboxylic acids is 1. The zero-order valence-electron chi connectivity index (χ0n) is 9.42. The van der Waals surface area contributed by atoms with Gasteiger partial charge in [-0.05, 0) is 32.4 Å². The Balaban J connectivity index is 2.32. The fourth-order valence-corrected chi connectivity index (χ4v) is 1.90. The zero-order valence-corrected chi connectivity index (χ0v) is 9.42. The van der Waals surface area contributed by atoms with Gasteiger partial charge in [0.2, 0.25) is 0 Å². The molecule has 0 radical (unpaired) electrons. The third kappa shape index (κ3) is 2.87. The monoisotopic (exact) mass is 199 g/mol. The highest BCUT2D eigenvalue weighted by atomic mass is 16.2. The number of nitrogens with one attached hydrogen (secondary N) is 1. The highest BCUT2D eigenvalue weighted by Gasteiger charge is 2.22. The van der Waals surface area contributed by atoms with Crippen LogP contribution in [-0.2, 0) is 0 Å². The summed E-state index contributed by atoms with van der Waals surface area (Å²) in [5.41, 5.74) is 0. The van der Waals surface area contributed by atoms with Crippen LogP contribution in [0.15, 0.2) is 0 Å². The number of likely N-dealkylation sites (tertiary alicyclic amines) is 1. The summed E-state index contributed by atoms with van der Waals surface area (Å²) >= 11 is 0. The number of urea groups is 1. The summed E-state index contributed by atoms with van der Waals surface area (Å²) < 4.78 is 0. The molecule has 14 heavy (non-hydrogen) atoms. The first kappa shape index (κ1) is 11.3. The van der Waals surface area contributed by atoms with Crippen LogP contribution in [0.5, 0.6) is 0 Å². The van der Waals surface area contributed by atoms with E-state index >= 15 is 0 Å². The number of hydrogen-bond acceptors (Lipinski definition) is 2. The predicted octanol–water partition coefficient (Wildman–Crippen LogP) is 0.599. The van der Waals surface area contributed by atoms with E-state index in [0.29, 0.717) is 0 Å². The van der Waals surface area contributed by atoms with Gasteiger partial charge in [-0.3, -0.25) is 0 Å². The lowest BCUT2D eigenvalue weighted by Gasteiger charge is -2.33. The van der Waals surface area contributed by atoms with Crippen LogP contribution in [-0.4, -0.2) is 56.6 Å². The van der Waals surface area contributed by atoms with Crippen LogP contribution in [0, 0.1) is 5.92 Å². The van der Waals surface area contributed by atoms with Crippen LogP contribution < -0.4 is 5.32 Å². The van der Waals surface area contributed by atoms with E-state index in [0.717, 1.165) is 38.4 Å². The summed E-state index contributed by atoms with van der Waals surface area (Å²) in [6, 6.07) is 0.146. The lowest BCUT2D eigenvalue weighted by Crippen LogP contribution is -2.44. The number of amides is 2. The van der Waals surface area contributed by atoms with Crippen molar-refractivity contribution in [3.63, 3.8) is 0 Å². The Morgan fingerprint density at radius 2 is 2.00 bits per heavy atom. The Hall–Kier alpha value is -0.770. The van der Waals surface area contributed by atoms with E-state index in [2.05, 4.69) is 5.32 Å². The molecule has 0 aliphatic carbocycles. The van der Waals surface area contributed by atoms with Gasteiger partial charge in [-0.1, -0.05) is 0 Å². The minimum Gasteiger partial charge on any atom is -0.331 e. The summed E-state index contributed by atoms with van der Waals surface area (Å²) in [5.74, 6) is 0.742. The molecule has 4 heteroatoms. The quantitative estimate of drug-likeness (QED) is 0.707. The predicted molar refractivity (Wildman–Crippen MR) is 57.3 cm³/mol. The van der Waals surface area contributed by atoms with Gasteiger partial charge in [0.15, 0.2) is 0 Å². The molecule has 2 amide bonds. The van der Waals surface area contributed by atoms with Crippen molar-refractivity contribution in [2.45, 2.75) is 12.8 Å². The topological polar surface area (TPSA) is 35.6 Å².